The maximum atomic E-state index is 3.59. The molecular formula is C8H15NS. The van der Waals surface area contributed by atoms with Crippen molar-refractivity contribution in [2.75, 3.05) is 18.1 Å². The third kappa shape index (κ3) is 1.48. The standard InChI is InChI=1S/C8H15NS/c1-2-8-4-7(5-9-8)6-10-3-1/h7-9H,1-6H2. The van der Waals surface area contributed by atoms with Crippen LogP contribution in [0, 0.1) is 5.92 Å². The lowest BCUT2D eigenvalue weighted by Crippen LogP contribution is -2.20. The fourth-order valence-electron chi connectivity index (χ4n) is 1.93. The van der Waals surface area contributed by atoms with Crippen LogP contribution < -0.4 is 5.32 Å². The van der Waals surface area contributed by atoms with Crippen LogP contribution in [-0.4, -0.2) is 24.1 Å². The first kappa shape index (κ1) is 6.99. The van der Waals surface area contributed by atoms with E-state index in [9.17, 15) is 0 Å². The fourth-order valence-corrected chi connectivity index (χ4v) is 3.06. The summed E-state index contributed by atoms with van der Waals surface area (Å²) in [6, 6.07) is 0.880. The molecule has 0 spiro atoms. The maximum Gasteiger partial charge on any atom is 0.00708 e. The zero-order chi connectivity index (χ0) is 6.81. The minimum atomic E-state index is 0.880. The molecule has 10 heavy (non-hydrogen) atoms. The van der Waals surface area contributed by atoms with Gasteiger partial charge in [-0.05, 0) is 43.2 Å². The molecule has 1 nitrogen and oxygen atoms in total. The van der Waals surface area contributed by atoms with Crippen molar-refractivity contribution in [1.82, 2.24) is 5.32 Å². The number of nitrogens with one attached hydrogen (secondary N) is 1. The van der Waals surface area contributed by atoms with Crippen LogP contribution >= 0.6 is 11.8 Å². The average Bonchev–Trinajstić information content (AvgIpc) is 2.30. The Labute approximate surface area is 67.0 Å². The lowest BCUT2D eigenvalue weighted by molar-refractivity contribution is 0.535. The Balaban J connectivity index is 1.91. The van der Waals surface area contributed by atoms with Gasteiger partial charge >= 0.3 is 0 Å². The molecule has 2 atom stereocenters. The fraction of sp³-hybridized carbons (Fsp3) is 1.00. The topological polar surface area (TPSA) is 12.0 Å². The predicted octanol–water partition coefficient (Wildman–Crippen LogP) is 1.49. The second-order valence-corrected chi connectivity index (χ2v) is 4.57. The van der Waals surface area contributed by atoms with E-state index in [0.29, 0.717) is 0 Å². The molecule has 0 aromatic rings. The van der Waals surface area contributed by atoms with Gasteiger partial charge in [0.25, 0.3) is 0 Å². The minimum Gasteiger partial charge on any atom is -0.314 e. The van der Waals surface area contributed by atoms with E-state index >= 15 is 0 Å². The SMILES string of the molecule is C1CSCC2CNC(C1)C2. The highest BCUT2D eigenvalue weighted by molar-refractivity contribution is 7.99. The highest BCUT2D eigenvalue weighted by Crippen LogP contribution is 2.25. The van der Waals surface area contributed by atoms with Gasteiger partial charge in [0.1, 0.15) is 0 Å². The van der Waals surface area contributed by atoms with E-state index in [1.165, 1.54) is 37.3 Å². The van der Waals surface area contributed by atoms with Crippen molar-refractivity contribution < 1.29 is 0 Å². The summed E-state index contributed by atoms with van der Waals surface area (Å²) in [5.74, 6) is 3.80. The Morgan fingerprint density at radius 3 is 3.40 bits per heavy atom. The summed E-state index contributed by atoms with van der Waals surface area (Å²) in [7, 11) is 0. The maximum absolute atomic E-state index is 3.59. The molecule has 0 aromatic heterocycles. The van der Waals surface area contributed by atoms with Gasteiger partial charge in [-0.25, -0.2) is 0 Å². The zero-order valence-electron chi connectivity index (χ0n) is 6.31. The summed E-state index contributed by atoms with van der Waals surface area (Å²) in [5.41, 5.74) is 0. The van der Waals surface area contributed by atoms with E-state index in [2.05, 4.69) is 17.1 Å². The molecule has 0 radical (unpaired) electrons. The normalized spacial score (nSPS) is 40.8. The smallest absolute Gasteiger partial charge is 0.00708 e. The number of hydrogen-bond acceptors (Lipinski definition) is 2. The third-order valence-corrected chi connectivity index (χ3v) is 3.79. The number of fused-ring (bicyclic) bond motifs is 2. The molecule has 2 unspecified atom stereocenters. The molecular weight excluding hydrogens is 142 g/mol. The highest BCUT2D eigenvalue weighted by atomic mass is 32.2. The molecule has 58 valence electrons. The molecule has 2 saturated heterocycles. The zero-order valence-corrected chi connectivity index (χ0v) is 7.12. The summed E-state index contributed by atoms with van der Waals surface area (Å²) in [4.78, 5) is 0. The largest absolute Gasteiger partial charge is 0.314 e. The van der Waals surface area contributed by atoms with E-state index in [1.807, 2.05) is 0 Å². The molecule has 0 saturated carbocycles. The lowest BCUT2D eigenvalue weighted by atomic mass is 10.0. The van der Waals surface area contributed by atoms with Crippen molar-refractivity contribution in [3.05, 3.63) is 0 Å². The van der Waals surface area contributed by atoms with Crippen LogP contribution in [0.3, 0.4) is 0 Å². The second-order valence-electron chi connectivity index (χ2n) is 3.42. The summed E-state index contributed by atoms with van der Waals surface area (Å²) in [6.45, 7) is 1.29. The van der Waals surface area contributed by atoms with Crippen LogP contribution in [0.25, 0.3) is 0 Å². The Hall–Kier alpha value is 0.310. The summed E-state index contributed by atoms with van der Waals surface area (Å²) in [5, 5.41) is 3.59. The van der Waals surface area contributed by atoms with E-state index in [-0.39, 0.29) is 0 Å². The van der Waals surface area contributed by atoms with Crippen molar-refractivity contribution in [2.45, 2.75) is 25.3 Å². The number of hydrogen-bond donors (Lipinski definition) is 1. The molecule has 1 N–H and O–H groups in total. The molecule has 2 fully saturated rings. The van der Waals surface area contributed by atoms with Gasteiger partial charge < -0.3 is 5.32 Å². The van der Waals surface area contributed by atoms with Crippen molar-refractivity contribution in [2.24, 2.45) is 5.92 Å². The van der Waals surface area contributed by atoms with Crippen LogP contribution in [0.4, 0.5) is 0 Å². The van der Waals surface area contributed by atoms with Gasteiger partial charge in [-0.1, -0.05) is 0 Å². The summed E-state index contributed by atoms with van der Waals surface area (Å²) in [6.07, 6.45) is 4.30. The van der Waals surface area contributed by atoms with Gasteiger partial charge in [0.05, 0.1) is 0 Å². The first-order chi connectivity index (χ1) is 4.95. The quantitative estimate of drug-likeness (QED) is 0.572. The predicted molar refractivity (Wildman–Crippen MR) is 46.5 cm³/mol. The van der Waals surface area contributed by atoms with Crippen molar-refractivity contribution in [3.8, 4) is 0 Å². The summed E-state index contributed by atoms with van der Waals surface area (Å²) >= 11 is 2.15. The van der Waals surface area contributed by atoms with Crippen molar-refractivity contribution >= 4 is 11.8 Å². The highest BCUT2D eigenvalue weighted by Gasteiger charge is 2.24. The van der Waals surface area contributed by atoms with E-state index in [0.717, 1.165) is 12.0 Å². The van der Waals surface area contributed by atoms with Gasteiger partial charge in [-0.3, -0.25) is 0 Å². The average molecular weight is 157 g/mol. The molecule has 2 heteroatoms. The van der Waals surface area contributed by atoms with Gasteiger partial charge in [0.2, 0.25) is 0 Å². The van der Waals surface area contributed by atoms with Crippen LogP contribution in [0.1, 0.15) is 19.3 Å². The van der Waals surface area contributed by atoms with E-state index in [1.54, 1.807) is 0 Å². The monoisotopic (exact) mass is 157 g/mol. The Morgan fingerprint density at radius 2 is 2.40 bits per heavy atom. The molecule has 2 rings (SSSR count). The Bertz CT molecular complexity index is 104. The number of thioether (sulfide) groups is 1. The summed E-state index contributed by atoms with van der Waals surface area (Å²) < 4.78 is 0. The third-order valence-electron chi connectivity index (χ3n) is 2.51. The van der Waals surface area contributed by atoms with Crippen molar-refractivity contribution in [3.63, 3.8) is 0 Å². The van der Waals surface area contributed by atoms with Crippen LogP contribution in [0.15, 0.2) is 0 Å². The molecule has 0 aromatic carbocycles. The van der Waals surface area contributed by atoms with E-state index < -0.39 is 0 Å². The molecule has 2 heterocycles. The minimum absolute atomic E-state index is 0.880. The number of rotatable bonds is 0. The van der Waals surface area contributed by atoms with Crippen LogP contribution in [0.2, 0.25) is 0 Å². The first-order valence-electron chi connectivity index (χ1n) is 4.26. The molecule has 0 aliphatic carbocycles. The van der Waals surface area contributed by atoms with Gasteiger partial charge in [0.15, 0.2) is 0 Å². The van der Waals surface area contributed by atoms with Gasteiger partial charge in [-0.15, -0.1) is 0 Å². The van der Waals surface area contributed by atoms with Crippen molar-refractivity contribution in [1.29, 1.82) is 0 Å². The van der Waals surface area contributed by atoms with E-state index in [4.69, 9.17) is 0 Å². The second kappa shape index (κ2) is 3.14. The Morgan fingerprint density at radius 1 is 1.40 bits per heavy atom. The molecule has 2 bridgehead atoms. The Kier molecular flexibility index (Phi) is 2.19. The van der Waals surface area contributed by atoms with Gasteiger partial charge in [-0.2, -0.15) is 11.8 Å². The molecule has 0 amide bonds. The molecule has 2 aliphatic heterocycles. The van der Waals surface area contributed by atoms with Crippen LogP contribution in [0.5, 0.6) is 0 Å². The molecule has 2 aliphatic rings. The first-order valence-corrected chi connectivity index (χ1v) is 5.42. The van der Waals surface area contributed by atoms with Crippen LogP contribution in [-0.2, 0) is 0 Å². The van der Waals surface area contributed by atoms with Gasteiger partial charge in [0, 0.05) is 6.04 Å². The lowest BCUT2D eigenvalue weighted by Gasteiger charge is -2.13.